The minimum Gasteiger partial charge on any atom is -0.491 e. The van der Waals surface area contributed by atoms with Crippen LogP contribution >= 0.6 is 0 Å². The number of carboxylic acid groups (broad SMARTS) is 1. The second kappa shape index (κ2) is 14.4. The fraction of sp³-hybridized carbons (Fsp3) is 0.481. The Bertz CT molecular complexity index is 1130. The number of carbonyl (C=O) groups excluding carboxylic acids is 2. The monoisotopic (exact) mass is 559 g/mol. The smallest absolute Gasteiger partial charge is 0.326 e. The zero-order valence-corrected chi connectivity index (χ0v) is 22.4. The molecule has 3 heterocycles. The Morgan fingerprint density at radius 2 is 1.80 bits per heavy atom. The third kappa shape index (κ3) is 9.36. The van der Waals surface area contributed by atoms with E-state index in [0.717, 1.165) is 0 Å². The predicted molar refractivity (Wildman–Crippen MR) is 144 cm³/mol. The Balaban J connectivity index is 1.78. The number of nitrogen functional groups attached to an aromatic ring is 1. The molecule has 40 heavy (non-hydrogen) atoms. The van der Waals surface area contributed by atoms with Crippen LogP contribution in [0.15, 0.2) is 42.6 Å². The number of pyridine rings is 1. The highest BCUT2D eigenvalue weighted by Crippen LogP contribution is 2.16. The number of carboxylic acids is 1. The van der Waals surface area contributed by atoms with E-state index in [9.17, 15) is 29.7 Å². The highest BCUT2D eigenvalue weighted by Gasteiger charge is 2.28. The lowest BCUT2D eigenvalue weighted by molar-refractivity contribution is -0.139. The lowest BCUT2D eigenvalue weighted by Gasteiger charge is -2.27. The normalized spacial score (nSPS) is 23.1. The van der Waals surface area contributed by atoms with Crippen LogP contribution in [0.5, 0.6) is 5.75 Å². The maximum Gasteiger partial charge on any atom is 0.326 e. The van der Waals surface area contributed by atoms with Crippen LogP contribution in [0.2, 0.25) is 0 Å². The van der Waals surface area contributed by atoms with Crippen LogP contribution in [-0.2, 0) is 27.2 Å². The summed E-state index contributed by atoms with van der Waals surface area (Å²) in [5, 5.41) is 37.9. The fourth-order valence-corrected chi connectivity index (χ4v) is 3.92. The number of hydrogen-bond acceptors (Lipinski definition) is 9. The van der Waals surface area contributed by atoms with Crippen LogP contribution in [0.3, 0.4) is 0 Å². The maximum atomic E-state index is 13.4. The van der Waals surface area contributed by atoms with Crippen molar-refractivity contribution in [2.24, 2.45) is 5.92 Å². The van der Waals surface area contributed by atoms with Crippen molar-refractivity contribution >= 4 is 23.7 Å². The molecule has 0 radical (unpaired) electrons. The summed E-state index contributed by atoms with van der Waals surface area (Å²) in [7, 11) is 0. The highest BCUT2D eigenvalue weighted by atomic mass is 16.5. The minimum atomic E-state index is -1.28. The number of benzene rings is 1. The molecule has 8 N–H and O–H groups in total. The Morgan fingerprint density at radius 3 is 2.42 bits per heavy atom. The first kappa shape index (κ1) is 30.6. The van der Waals surface area contributed by atoms with E-state index in [2.05, 4.69) is 20.9 Å². The molecular weight excluding hydrogens is 522 g/mol. The molecule has 0 saturated heterocycles. The van der Waals surface area contributed by atoms with E-state index in [1.54, 1.807) is 30.3 Å². The number of nitrogens with zero attached hydrogens (tertiary/aromatic N) is 1. The number of nitrogens with two attached hydrogens (primary N) is 1. The van der Waals surface area contributed by atoms with Gasteiger partial charge in [-0.3, -0.25) is 4.79 Å². The van der Waals surface area contributed by atoms with E-state index in [1.807, 2.05) is 13.8 Å². The molecule has 2 aliphatic rings. The topological polar surface area (TPSA) is 205 Å². The van der Waals surface area contributed by atoms with Crippen molar-refractivity contribution in [2.75, 3.05) is 25.6 Å². The predicted octanol–water partition coefficient (Wildman–Crippen LogP) is -0.158. The summed E-state index contributed by atoms with van der Waals surface area (Å²) in [6, 6.07) is 6.21. The molecule has 0 saturated carbocycles. The first-order valence-electron chi connectivity index (χ1n) is 13.0. The zero-order valence-electron chi connectivity index (χ0n) is 22.4. The van der Waals surface area contributed by atoms with Crippen molar-refractivity contribution in [3.05, 3.63) is 53.7 Å². The molecule has 2 aliphatic heterocycles. The summed E-state index contributed by atoms with van der Waals surface area (Å²) >= 11 is 0. The average molecular weight is 560 g/mol. The van der Waals surface area contributed by atoms with E-state index in [1.165, 1.54) is 12.3 Å². The molecule has 4 rings (SSSR count). The summed E-state index contributed by atoms with van der Waals surface area (Å²) in [6.07, 6.45) is -0.868. The van der Waals surface area contributed by atoms with Crippen LogP contribution in [0.4, 0.5) is 10.6 Å². The summed E-state index contributed by atoms with van der Waals surface area (Å²) in [4.78, 5) is 42.1. The SMILES string of the molecule is CC(C)[C@H]1COCC(O)C(O)COc2ccc(cc2)C[C@@H](NC(=O)NC(Cc2ccc(N)nc2)C(=O)O)C(=O)N1. The van der Waals surface area contributed by atoms with Crippen molar-refractivity contribution in [2.45, 2.75) is 57.0 Å². The Labute approximate surface area is 232 Å². The number of amides is 3. The van der Waals surface area contributed by atoms with Crippen molar-refractivity contribution in [3.63, 3.8) is 0 Å². The molecule has 1 aromatic heterocycles. The molecule has 0 spiro atoms. The molecule has 3 unspecified atom stereocenters. The lowest BCUT2D eigenvalue weighted by Crippen LogP contribution is -2.56. The van der Waals surface area contributed by atoms with Gasteiger partial charge in [-0.15, -0.1) is 0 Å². The molecule has 2 bridgehead atoms. The number of aliphatic carboxylic acids is 1. The Morgan fingerprint density at radius 1 is 1.10 bits per heavy atom. The molecule has 0 aliphatic carbocycles. The van der Waals surface area contributed by atoms with Gasteiger partial charge in [0.25, 0.3) is 0 Å². The van der Waals surface area contributed by atoms with Gasteiger partial charge in [0, 0.05) is 19.0 Å². The number of ether oxygens (including phenoxy) is 2. The number of aliphatic hydroxyl groups is 2. The van der Waals surface area contributed by atoms with Crippen molar-refractivity contribution in [1.29, 1.82) is 0 Å². The van der Waals surface area contributed by atoms with E-state index in [0.29, 0.717) is 16.9 Å². The zero-order chi connectivity index (χ0) is 29.2. The maximum absolute atomic E-state index is 13.4. The van der Waals surface area contributed by atoms with Crippen molar-refractivity contribution < 1.29 is 39.2 Å². The van der Waals surface area contributed by atoms with Gasteiger partial charge in [0.05, 0.1) is 19.3 Å². The van der Waals surface area contributed by atoms with E-state index in [-0.39, 0.29) is 44.4 Å². The number of fused-ring (bicyclic) bond motifs is 13. The number of carbonyl (C=O) groups is 3. The molecule has 2 aromatic rings. The van der Waals surface area contributed by atoms with Gasteiger partial charge in [-0.1, -0.05) is 32.0 Å². The Kier molecular flexibility index (Phi) is 11.1. The van der Waals surface area contributed by atoms with E-state index < -0.39 is 48.2 Å². The van der Waals surface area contributed by atoms with Gasteiger partial charge < -0.3 is 46.5 Å². The second-order valence-electron chi connectivity index (χ2n) is 10.0. The molecule has 13 heteroatoms. The fourth-order valence-electron chi connectivity index (χ4n) is 3.92. The summed E-state index contributed by atoms with van der Waals surface area (Å²) in [5.41, 5.74) is 6.84. The van der Waals surface area contributed by atoms with Crippen molar-refractivity contribution in [3.8, 4) is 5.75 Å². The molecule has 1 aromatic carbocycles. The van der Waals surface area contributed by atoms with Crippen molar-refractivity contribution in [1.82, 2.24) is 20.9 Å². The third-order valence-corrected chi connectivity index (χ3v) is 6.46. The number of anilines is 1. The molecule has 218 valence electrons. The van der Waals surface area contributed by atoms with Crippen LogP contribution in [0.1, 0.15) is 25.0 Å². The van der Waals surface area contributed by atoms with Gasteiger partial charge in [-0.25, -0.2) is 14.6 Å². The molecular formula is C27H37N5O8. The highest BCUT2D eigenvalue weighted by molar-refractivity contribution is 5.89. The number of urea groups is 1. The molecule has 0 fully saturated rings. The number of hydrogen-bond donors (Lipinski definition) is 7. The summed E-state index contributed by atoms with van der Waals surface area (Å²) in [6.45, 7) is 3.49. The van der Waals surface area contributed by atoms with Crippen LogP contribution < -0.4 is 26.4 Å². The first-order chi connectivity index (χ1) is 19.0. The van der Waals surface area contributed by atoms with Gasteiger partial charge >= 0.3 is 12.0 Å². The molecule has 3 amide bonds. The van der Waals surface area contributed by atoms with E-state index >= 15 is 0 Å². The van der Waals surface area contributed by atoms with E-state index in [4.69, 9.17) is 15.2 Å². The minimum absolute atomic E-state index is 0.0400. The second-order valence-corrected chi connectivity index (χ2v) is 10.0. The lowest BCUT2D eigenvalue weighted by atomic mass is 10.0. The van der Waals surface area contributed by atoms with Gasteiger partial charge in [0.1, 0.15) is 42.5 Å². The van der Waals surface area contributed by atoms with Gasteiger partial charge in [-0.2, -0.15) is 0 Å². The van der Waals surface area contributed by atoms with Crippen LogP contribution in [0.25, 0.3) is 0 Å². The quantitative estimate of drug-likeness (QED) is 0.249. The number of aliphatic hydroxyl groups excluding tert-OH is 2. The Hall–Kier alpha value is -3.94. The molecule has 5 atom stereocenters. The first-order valence-corrected chi connectivity index (χ1v) is 13.0. The molecule has 13 nitrogen and oxygen atoms in total. The summed E-state index contributed by atoms with van der Waals surface area (Å²) < 4.78 is 11.1. The van der Waals surface area contributed by atoms with Crippen LogP contribution in [0, 0.1) is 5.92 Å². The summed E-state index contributed by atoms with van der Waals surface area (Å²) in [5.74, 6) is -1.09. The third-order valence-electron chi connectivity index (χ3n) is 6.46. The standard InChI is InChI=1S/C27H37N5O8/c1-15(2)21-12-39-13-22(33)23(34)14-40-18-6-3-16(4-7-18)9-19(25(35)30-21)31-27(38)32-20(26(36)37)10-17-5-8-24(28)29-11-17/h3-8,11,15,19-23,33-34H,9-10,12-14H2,1-2H3,(H2,28,29)(H,30,35)(H,36,37)(H2,31,32,38)/t19-,20?,21-,22?,23?/m1/s1. The van der Waals surface area contributed by atoms with Gasteiger partial charge in [-0.05, 0) is 35.2 Å². The van der Waals surface area contributed by atoms with Gasteiger partial charge in [0.15, 0.2) is 0 Å². The number of rotatable bonds is 6. The average Bonchev–Trinajstić information content (AvgIpc) is 2.91. The number of aromatic nitrogens is 1. The largest absolute Gasteiger partial charge is 0.491 e. The van der Waals surface area contributed by atoms with Gasteiger partial charge in [0.2, 0.25) is 5.91 Å². The number of nitrogens with one attached hydrogen (secondary N) is 3. The van der Waals surface area contributed by atoms with Crippen LogP contribution in [-0.4, -0.2) is 88.4 Å².